The van der Waals surface area contributed by atoms with Gasteiger partial charge in [-0.3, -0.25) is 9.88 Å². The van der Waals surface area contributed by atoms with E-state index in [2.05, 4.69) is 19.9 Å². The molecule has 0 bridgehead atoms. The molecule has 5 rings (SSSR count). The number of rotatable bonds is 5. The molecule has 1 saturated carbocycles. The molecule has 3 aliphatic rings. The topological polar surface area (TPSA) is 88.5 Å². The Balaban J connectivity index is 1.24. The standard InChI is InChI=1S/C23H31N5O3S/c1-23(2,3)20-5-4-6-22(26-20)32(29,30)28-10-9-27-15-18(11-17(27)14-28)31-21-13-24-19(12-25-21)16-7-8-16/h4-6,12-13,16-18H,7-11,14-15H2,1-3H3/t17-,18+/m0/s1. The summed E-state index contributed by atoms with van der Waals surface area (Å²) >= 11 is 0. The maximum atomic E-state index is 13.3. The van der Waals surface area contributed by atoms with Crippen molar-refractivity contribution in [3.05, 3.63) is 42.0 Å². The summed E-state index contributed by atoms with van der Waals surface area (Å²) in [4.78, 5) is 15.7. The Morgan fingerprint density at radius 3 is 2.56 bits per heavy atom. The van der Waals surface area contributed by atoms with E-state index in [0.717, 1.165) is 24.4 Å². The zero-order valence-corrected chi connectivity index (χ0v) is 19.8. The maximum Gasteiger partial charge on any atom is 0.260 e. The normalized spacial score (nSPS) is 25.0. The fourth-order valence-corrected chi connectivity index (χ4v) is 5.95. The highest BCUT2D eigenvalue weighted by atomic mass is 32.2. The highest BCUT2D eigenvalue weighted by Gasteiger charge is 2.41. The van der Waals surface area contributed by atoms with Gasteiger partial charge in [0.05, 0.1) is 18.1 Å². The first kappa shape index (κ1) is 21.7. The summed E-state index contributed by atoms with van der Waals surface area (Å²) in [6, 6.07) is 5.40. The second-order valence-electron chi connectivity index (χ2n) is 10.2. The monoisotopic (exact) mass is 457 g/mol. The molecule has 0 unspecified atom stereocenters. The van der Waals surface area contributed by atoms with E-state index in [1.54, 1.807) is 22.6 Å². The third-order valence-corrected chi connectivity index (χ3v) is 8.34. The first-order chi connectivity index (χ1) is 15.2. The summed E-state index contributed by atoms with van der Waals surface area (Å²) in [6.07, 6.45) is 6.70. The minimum Gasteiger partial charge on any atom is -0.472 e. The van der Waals surface area contributed by atoms with Gasteiger partial charge in [-0.2, -0.15) is 4.31 Å². The van der Waals surface area contributed by atoms with E-state index in [0.29, 0.717) is 31.4 Å². The maximum absolute atomic E-state index is 13.3. The molecule has 0 spiro atoms. The van der Waals surface area contributed by atoms with E-state index in [9.17, 15) is 8.42 Å². The van der Waals surface area contributed by atoms with Crippen LogP contribution in [0.25, 0.3) is 0 Å². The van der Waals surface area contributed by atoms with E-state index in [-0.39, 0.29) is 22.6 Å². The Labute approximate surface area is 190 Å². The van der Waals surface area contributed by atoms with Crippen molar-refractivity contribution < 1.29 is 13.2 Å². The number of aromatic nitrogens is 3. The number of hydrogen-bond donors (Lipinski definition) is 0. The van der Waals surface area contributed by atoms with Gasteiger partial charge in [-0.1, -0.05) is 26.8 Å². The van der Waals surface area contributed by atoms with Gasteiger partial charge in [-0.05, 0) is 25.0 Å². The summed E-state index contributed by atoms with van der Waals surface area (Å²) in [5.74, 6) is 1.12. The molecule has 0 N–H and O–H groups in total. The summed E-state index contributed by atoms with van der Waals surface area (Å²) in [6.45, 7) is 8.49. The van der Waals surface area contributed by atoms with Crippen LogP contribution < -0.4 is 4.74 Å². The van der Waals surface area contributed by atoms with Crippen molar-refractivity contribution in [1.29, 1.82) is 0 Å². The number of nitrogens with zero attached hydrogens (tertiary/aromatic N) is 5. The average Bonchev–Trinajstić information content (AvgIpc) is 3.53. The SMILES string of the molecule is CC(C)(C)c1cccc(S(=O)(=O)N2CCN3C[C@H](Oc4cnc(C5CC5)cn4)C[C@H]3C2)n1. The zero-order valence-electron chi connectivity index (χ0n) is 18.9. The van der Waals surface area contributed by atoms with Crippen molar-refractivity contribution in [3.63, 3.8) is 0 Å². The predicted molar refractivity (Wildman–Crippen MR) is 120 cm³/mol. The molecule has 0 radical (unpaired) electrons. The number of sulfonamides is 1. The van der Waals surface area contributed by atoms with E-state index < -0.39 is 10.0 Å². The second-order valence-corrected chi connectivity index (χ2v) is 12.0. The van der Waals surface area contributed by atoms with Gasteiger partial charge in [0.2, 0.25) is 5.88 Å². The second kappa shape index (κ2) is 8.04. The molecule has 0 aromatic carbocycles. The highest BCUT2D eigenvalue weighted by molar-refractivity contribution is 7.89. The molecule has 2 atom stereocenters. The number of hydrogen-bond acceptors (Lipinski definition) is 7. The van der Waals surface area contributed by atoms with Gasteiger partial charge in [0.15, 0.2) is 5.03 Å². The first-order valence-corrected chi connectivity index (χ1v) is 12.8. The lowest BCUT2D eigenvalue weighted by Gasteiger charge is -2.36. The molecule has 2 aromatic heterocycles. The minimum absolute atomic E-state index is 0.00827. The number of fused-ring (bicyclic) bond motifs is 1. The highest BCUT2D eigenvalue weighted by Crippen LogP contribution is 2.38. The van der Waals surface area contributed by atoms with Gasteiger partial charge >= 0.3 is 0 Å². The van der Waals surface area contributed by atoms with Crippen LogP contribution in [0.4, 0.5) is 0 Å². The van der Waals surface area contributed by atoms with Crippen molar-refractivity contribution >= 4 is 10.0 Å². The number of piperazine rings is 1. The number of ether oxygens (including phenoxy) is 1. The van der Waals surface area contributed by atoms with Crippen LogP contribution in [0, 0.1) is 0 Å². The van der Waals surface area contributed by atoms with Gasteiger partial charge < -0.3 is 4.74 Å². The van der Waals surface area contributed by atoms with E-state index in [4.69, 9.17) is 4.74 Å². The fraction of sp³-hybridized carbons (Fsp3) is 0.609. The Hall–Kier alpha value is -2.10. The van der Waals surface area contributed by atoms with E-state index in [1.807, 2.05) is 33.0 Å². The molecule has 172 valence electrons. The molecule has 2 saturated heterocycles. The fourth-order valence-electron chi connectivity index (χ4n) is 4.53. The Morgan fingerprint density at radius 2 is 1.88 bits per heavy atom. The van der Waals surface area contributed by atoms with E-state index in [1.165, 1.54) is 12.8 Å². The van der Waals surface area contributed by atoms with E-state index >= 15 is 0 Å². The van der Waals surface area contributed by atoms with Crippen molar-refractivity contribution in [3.8, 4) is 5.88 Å². The van der Waals surface area contributed by atoms with Crippen molar-refractivity contribution in [2.75, 3.05) is 26.2 Å². The molecule has 1 aliphatic carbocycles. The minimum atomic E-state index is -3.63. The molecule has 4 heterocycles. The van der Waals surface area contributed by atoms with Crippen LogP contribution in [0.3, 0.4) is 0 Å². The lowest BCUT2D eigenvalue weighted by molar-refractivity contribution is 0.150. The summed E-state index contributed by atoms with van der Waals surface area (Å²) in [5, 5.41) is 0.134. The lowest BCUT2D eigenvalue weighted by atomic mass is 9.92. The largest absolute Gasteiger partial charge is 0.472 e. The van der Waals surface area contributed by atoms with Crippen LogP contribution in [0.15, 0.2) is 35.6 Å². The molecule has 9 heteroatoms. The molecule has 0 amide bonds. The van der Waals surface area contributed by atoms with Crippen LogP contribution in [-0.2, 0) is 15.4 Å². The molecule has 32 heavy (non-hydrogen) atoms. The smallest absolute Gasteiger partial charge is 0.260 e. The molecular weight excluding hydrogens is 426 g/mol. The molecule has 3 fully saturated rings. The Kier molecular flexibility index (Phi) is 5.46. The van der Waals surface area contributed by atoms with Gasteiger partial charge in [-0.25, -0.2) is 18.4 Å². The van der Waals surface area contributed by atoms with Crippen LogP contribution in [0.2, 0.25) is 0 Å². The molecular formula is C23H31N5O3S. The van der Waals surface area contributed by atoms with Gasteiger partial charge in [0, 0.05) is 55.7 Å². The van der Waals surface area contributed by atoms with Crippen LogP contribution in [0.5, 0.6) is 5.88 Å². The lowest BCUT2D eigenvalue weighted by Crippen LogP contribution is -2.52. The van der Waals surface area contributed by atoms with Crippen LogP contribution >= 0.6 is 0 Å². The average molecular weight is 458 g/mol. The Morgan fingerprint density at radius 1 is 1.06 bits per heavy atom. The molecule has 8 nitrogen and oxygen atoms in total. The third-order valence-electron chi connectivity index (χ3n) is 6.57. The summed E-state index contributed by atoms with van der Waals surface area (Å²) in [7, 11) is -3.63. The predicted octanol–water partition coefficient (Wildman–Crippen LogP) is 2.57. The Bertz CT molecular complexity index is 1080. The number of pyridine rings is 1. The quantitative estimate of drug-likeness (QED) is 0.682. The van der Waals surface area contributed by atoms with Gasteiger partial charge in [0.1, 0.15) is 6.10 Å². The van der Waals surface area contributed by atoms with Gasteiger partial charge in [-0.15, -0.1) is 0 Å². The van der Waals surface area contributed by atoms with Crippen molar-refractivity contribution in [2.24, 2.45) is 0 Å². The van der Waals surface area contributed by atoms with Crippen LogP contribution in [0.1, 0.15) is 57.3 Å². The van der Waals surface area contributed by atoms with Crippen LogP contribution in [-0.4, -0.2) is 70.9 Å². The summed E-state index contributed by atoms with van der Waals surface area (Å²) in [5.41, 5.74) is 1.62. The first-order valence-electron chi connectivity index (χ1n) is 11.4. The van der Waals surface area contributed by atoms with Gasteiger partial charge in [0.25, 0.3) is 10.0 Å². The zero-order chi connectivity index (χ0) is 22.5. The summed E-state index contributed by atoms with van der Waals surface area (Å²) < 4.78 is 34.3. The van der Waals surface area contributed by atoms with Crippen molar-refractivity contribution in [2.45, 2.75) is 68.5 Å². The van der Waals surface area contributed by atoms with Crippen molar-refractivity contribution in [1.82, 2.24) is 24.2 Å². The molecule has 2 aromatic rings. The third kappa shape index (κ3) is 4.38. The molecule has 2 aliphatic heterocycles.